The van der Waals surface area contributed by atoms with Crippen molar-refractivity contribution in [1.29, 1.82) is 0 Å². The van der Waals surface area contributed by atoms with Crippen molar-refractivity contribution in [2.24, 2.45) is 0 Å². The summed E-state index contributed by atoms with van der Waals surface area (Å²) in [5.74, 6) is 0.894. The maximum Gasteiger partial charge on any atom is 0.410 e. The molecule has 0 bridgehead atoms. The van der Waals surface area contributed by atoms with Gasteiger partial charge in [0.05, 0.1) is 18.8 Å². The number of hydrogen-bond donors (Lipinski definition) is 0. The Hall–Kier alpha value is -1.34. The Morgan fingerprint density at radius 3 is 2.40 bits per heavy atom. The van der Waals surface area contributed by atoms with Gasteiger partial charge in [0.25, 0.3) is 0 Å². The lowest BCUT2D eigenvalue weighted by atomic mass is 10.2. The molecule has 0 radical (unpaired) electrons. The van der Waals surface area contributed by atoms with Gasteiger partial charge in [0.1, 0.15) is 11.4 Å². The molecule has 6 nitrogen and oxygen atoms in total. The molecule has 2 rings (SSSR count). The fourth-order valence-corrected chi connectivity index (χ4v) is 3.28. The maximum atomic E-state index is 12.2. The fourth-order valence-electron chi connectivity index (χ4n) is 2.33. The molecule has 0 atom stereocenters. The highest BCUT2D eigenvalue weighted by atomic mass is 28.4. The zero-order valence-corrected chi connectivity index (χ0v) is 18.0. The molecule has 1 aliphatic heterocycles. The summed E-state index contributed by atoms with van der Waals surface area (Å²) in [5.41, 5.74) is 0.456. The van der Waals surface area contributed by atoms with Gasteiger partial charge >= 0.3 is 6.09 Å². The van der Waals surface area contributed by atoms with E-state index >= 15 is 0 Å². The first-order chi connectivity index (χ1) is 11.3. The zero-order chi connectivity index (χ0) is 19.0. The number of nitrogens with zero attached hydrogens (tertiary/aromatic N) is 3. The van der Waals surface area contributed by atoms with Crippen molar-refractivity contribution < 1.29 is 14.0 Å². The third-order valence-electron chi connectivity index (χ3n) is 4.89. The molecular weight excluding hydrogens is 334 g/mol. The van der Waals surface area contributed by atoms with Gasteiger partial charge in [-0.3, -0.25) is 4.90 Å². The van der Waals surface area contributed by atoms with E-state index in [1.54, 1.807) is 4.90 Å². The first kappa shape index (κ1) is 20.0. The van der Waals surface area contributed by atoms with Crippen molar-refractivity contribution in [3.63, 3.8) is 0 Å². The van der Waals surface area contributed by atoms with Crippen LogP contribution in [0.3, 0.4) is 0 Å². The van der Waals surface area contributed by atoms with E-state index in [2.05, 4.69) is 49.6 Å². The summed E-state index contributed by atoms with van der Waals surface area (Å²) in [7, 11) is -1.79. The average molecular weight is 368 g/mol. The minimum absolute atomic E-state index is 0.180. The smallest absolute Gasteiger partial charge is 0.410 e. The number of aromatic nitrogens is 2. The second kappa shape index (κ2) is 6.76. The monoisotopic (exact) mass is 367 g/mol. The molecule has 0 saturated carbocycles. The van der Waals surface area contributed by atoms with Crippen LogP contribution < -0.4 is 0 Å². The summed E-state index contributed by atoms with van der Waals surface area (Å²) in [6.45, 7) is 19.2. The summed E-state index contributed by atoms with van der Waals surface area (Å²) >= 11 is 0. The quantitative estimate of drug-likeness (QED) is 0.753. The number of ether oxygens (including phenoxy) is 1. The van der Waals surface area contributed by atoms with E-state index in [9.17, 15) is 4.79 Å². The molecule has 0 spiro atoms. The Kier molecular flexibility index (Phi) is 5.40. The van der Waals surface area contributed by atoms with Crippen LogP contribution in [-0.4, -0.2) is 41.0 Å². The van der Waals surface area contributed by atoms with Gasteiger partial charge in [-0.05, 0) is 38.9 Å². The van der Waals surface area contributed by atoms with Crippen LogP contribution in [0.2, 0.25) is 18.1 Å². The van der Waals surface area contributed by atoms with Crippen LogP contribution in [0.15, 0.2) is 6.20 Å². The Balaban J connectivity index is 2.00. The number of carbonyl (C=O) groups is 1. The Morgan fingerprint density at radius 2 is 1.84 bits per heavy atom. The maximum absolute atomic E-state index is 12.2. The lowest BCUT2D eigenvalue weighted by Crippen LogP contribution is -2.41. The number of fused-ring (bicyclic) bond motifs is 1. The van der Waals surface area contributed by atoms with Crippen LogP contribution in [0.4, 0.5) is 4.79 Å². The molecule has 1 aromatic rings. The second-order valence-corrected chi connectivity index (χ2v) is 14.1. The topological polar surface area (TPSA) is 56.6 Å². The third-order valence-corrected chi connectivity index (χ3v) is 9.37. The Morgan fingerprint density at radius 1 is 1.20 bits per heavy atom. The Labute approximate surface area is 152 Å². The normalized spacial score (nSPS) is 15.9. The summed E-state index contributed by atoms with van der Waals surface area (Å²) in [6.07, 6.45) is 1.77. The first-order valence-electron chi connectivity index (χ1n) is 8.95. The van der Waals surface area contributed by atoms with Crippen molar-refractivity contribution >= 4 is 14.4 Å². The van der Waals surface area contributed by atoms with Gasteiger partial charge < -0.3 is 13.7 Å². The molecule has 0 aromatic carbocycles. The van der Waals surface area contributed by atoms with Gasteiger partial charge in [-0.25, -0.2) is 9.78 Å². The number of rotatable bonds is 3. The van der Waals surface area contributed by atoms with E-state index < -0.39 is 13.9 Å². The highest BCUT2D eigenvalue weighted by Crippen LogP contribution is 2.37. The first-order valence-corrected chi connectivity index (χ1v) is 11.9. The molecule has 0 N–H and O–H groups in total. The fraction of sp³-hybridized carbons (Fsp3) is 0.778. The van der Waals surface area contributed by atoms with Crippen LogP contribution in [0.1, 0.15) is 53.1 Å². The number of carbonyl (C=O) groups excluding carboxylic acids is 1. The molecule has 0 unspecified atom stereocenters. The molecule has 25 heavy (non-hydrogen) atoms. The summed E-state index contributed by atoms with van der Waals surface area (Å²) in [4.78, 5) is 18.6. The van der Waals surface area contributed by atoms with Crippen LogP contribution in [-0.2, 0) is 28.9 Å². The molecule has 1 amide bonds. The number of imidazole rings is 1. The van der Waals surface area contributed by atoms with E-state index in [-0.39, 0.29) is 11.1 Å². The van der Waals surface area contributed by atoms with Crippen molar-refractivity contribution in [2.45, 2.75) is 85.0 Å². The van der Waals surface area contributed by atoms with E-state index in [4.69, 9.17) is 9.16 Å². The predicted molar refractivity (Wildman–Crippen MR) is 101 cm³/mol. The lowest BCUT2D eigenvalue weighted by Gasteiger charge is -2.35. The molecule has 1 aromatic heterocycles. The molecule has 0 aliphatic carbocycles. The zero-order valence-electron chi connectivity index (χ0n) is 17.0. The summed E-state index contributed by atoms with van der Waals surface area (Å²) in [6, 6.07) is 0. The number of hydrogen-bond acceptors (Lipinski definition) is 4. The largest absolute Gasteiger partial charge is 0.444 e. The minimum atomic E-state index is -1.79. The Bertz CT molecular complexity index is 626. The van der Waals surface area contributed by atoms with Crippen molar-refractivity contribution in [2.75, 3.05) is 6.54 Å². The van der Waals surface area contributed by atoms with Crippen molar-refractivity contribution in [3.8, 4) is 0 Å². The van der Waals surface area contributed by atoms with Gasteiger partial charge in [-0.1, -0.05) is 20.8 Å². The standard InChI is InChI=1S/C18H33N3O3Si/c1-17(2,3)24-16(22)21-10-9-20-11-14(19-15(20)12-21)13-23-25(7,8)18(4,5)6/h11H,9-10,12-13H2,1-8H3. The molecular formula is C18H33N3O3Si. The van der Waals surface area contributed by atoms with E-state index in [0.717, 1.165) is 18.1 Å². The van der Waals surface area contributed by atoms with Gasteiger partial charge in [0.15, 0.2) is 8.32 Å². The molecule has 0 fully saturated rings. The molecule has 2 heterocycles. The van der Waals surface area contributed by atoms with Gasteiger partial charge in [-0.2, -0.15) is 0 Å². The summed E-state index contributed by atoms with van der Waals surface area (Å²) < 4.78 is 13.8. The van der Waals surface area contributed by atoms with E-state index in [1.807, 2.05) is 20.8 Å². The van der Waals surface area contributed by atoms with E-state index in [0.29, 0.717) is 19.7 Å². The highest BCUT2D eigenvalue weighted by molar-refractivity contribution is 6.74. The average Bonchev–Trinajstić information content (AvgIpc) is 2.84. The van der Waals surface area contributed by atoms with Crippen LogP contribution in [0.5, 0.6) is 0 Å². The van der Waals surface area contributed by atoms with Crippen LogP contribution >= 0.6 is 0 Å². The molecule has 7 heteroatoms. The van der Waals surface area contributed by atoms with Gasteiger partial charge in [-0.15, -0.1) is 0 Å². The van der Waals surface area contributed by atoms with E-state index in [1.165, 1.54) is 0 Å². The van der Waals surface area contributed by atoms with Crippen LogP contribution in [0.25, 0.3) is 0 Å². The van der Waals surface area contributed by atoms with Gasteiger partial charge in [0, 0.05) is 19.3 Å². The predicted octanol–water partition coefficient (Wildman–Crippen LogP) is 4.16. The van der Waals surface area contributed by atoms with Gasteiger partial charge in [0.2, 0.25) is 0 Å². The molecule has 0 saturated heterocycles. The van der Waals surface area contributed by atoms with Crippen molar-refractivity contribution in [1.82, 2.24) is 14.5 Å². The lowest BCUT2D eigenvalue weighted by molar-refractivity contribution is 0.0195. The molecule has 1 aliphatic rings. The molecule has 142 valence electrons. The van der Waals surface area contributed by atoms with Crippen molar-refractivity contribution in [3.05, 3.63) is 17.7 Å². The minimum Gasteiger partial charge on any atom is -0.444 e. The SMILES string of the molecule is CC(C)(C)OC(=O)N1CCn2cc(CO[Si](C)(C)C(C)(C)C)nc2C1. The highest BCUT2D eigenvalue weighted by Gasteiger charge is 2.37. The van der Waals surface area contributed by atoms with Crippen LogP contribution in [0, 0.1) is 0 Å². The third kappa shape index (κ3) is 5.07. The second-order valence-electron chi connectivity index (χ2n) is 9.29. The number of amides is 1. The summed E-state index contributed by atoms with van der Waals surface area (Å²) in [5, 5.41) is 0.180.